The predicted molar refractivity (Wildman–Crippen MR) is 109 cm³/mol. The van der Waals surface area contributed by atoms with Crippen LogP contribution in [-0.4, -0.2) is 24.7 Å². The highest BCUT2D eigenvalue weighted by Crippen LogP contribution is 2.30. The van der Waals surface area contributed by atoms with Crippen molar-refractivity contribution in [2.24, 2.45) is 0 Å². The fourth-order valence-electron chi connectivity index (χ4n) is 3.70. The van der Waals surface area contributed by atoms with Crippen molar-refractivity contribution in [1.29, 1.82) is 0 Å². The topological polar surface area (TPSA) is 54.5 Å². The van der Waals surface area contributed by atoms with Crippen LogP contribution in [0.5, 0.6) is 0 Å². The summed E-state index contributed by atoms with van der Waals surface area (Å²) in [5, 5.41) is 0. The van der Waals surface area contributed by atoms with Crippen LogP contribution in [0.1, 0.15) is 27.0 Å². The van der Waals surface area contributed by atoms with E-state index in [9.17, 15) is 13.2 Å². The van der Waals surface area contributed by atoms with E-state index >= 15 is 0 Å². The molecule has 4 nitrogen and oxygen atoms in total. The Kier molecular flexibility index (Phi) is 4.77. The van der Waals surface area contributed by atoms with Crippen molar-refractivity contribution in [3.63, 3.8) is 0 Å². The number of rotatable bonds is 4. The average molecular weight is 391 g/mol. The highest BCUT2D eigenvalue weighted by atomic mass is 32.2. The van der Waals surface area contributed by atoms with Crippen molar-refractivity contribution in [2.45, 2.75) is 30.7 Å². The minimum Gasteiger partial charge on any atom is -0.268 e. The third-order valence-corrected chi connectivity index (χ3v) is 6.98. The molecule has 0 radical (unpaired) electrons. The molecule has 0 saturated heterocycles. The largest absolute Gasteiger partial charge is 0.268 e. The molecule has 1 aliphatic rings. The highest BCUT2D eigenvalue weighted by molar-refractivity contribution is 7.89. The van der Waals surface area contributed by atoms with Crippen molar-refractivity contribution in [1.82, 2.24) is 4.31 Å². The Morgan fingerprint density at radius 2 is 1.54 bits per heavy atom. The lowest BCUT2D eigenvalue weighted by Crippen LogP contribution is -2.50. The highest BCUT2D eigenvalue weighted by Gasteiger charge is 2.40. The summed E-state index contributed by atoms with van der Waals surface area (Å²) in [6.45, 7) is 1.90. The van der Waals surface area contributed by atoms with Gasteiger partial charge in [0.15, 0.2) is 0 Å². The van der Waals surface area contributed by atoms with Gasteiger partial charge in [-0.3, -0.25) is 4.79 Å². The Labute approximate surface area is 165 Å². The molecule has 1 amide bonds. The number of amides is 1. The standard InChI is InChI=1S/C23H21NO3S/c1-17-11-13-21(14-12-17)28(26,27)24-20(15-18-7-3-2-4-8-18)16-19-9-5-6-10-22(19)23(24)25/h2-14,20H,15-16H2,1H3/t20-/m1/s1. The van der Waals surface area contributed by atoms with Gasteiger partial charge in [-0.15, -0.1) is 0 Å². The van der Waals surface area contributed by atoms with Crippen LogP contribution < -0.4 is 0 Å². The third-order valence-electron chi connectivity index (χ3n) is 5.13. The first-order valence-electron chi connectivity index (χ1n) is 9.24. The summed E-state index contributed by atoms with van der Waals surface area (Å²) in [6, 6.07) is 23.1. The van der Waals surface area contributed by atoms with E-state index in [0.717, 1.165) is 21.0 Å². The van der Waals surface area contributed by atoms with Gasteiger partial charge in [0.05, 0.1) is 10.9 Å². The number of fused-ring (bicyclic) bond motifs is 1. The fourth-order valence-corrected chi connectivity index (χ4v) is 5.26. The summed E-state index contributed by atoms with van der Waals surface area (Å²) in [4.78, 5) is 13.4. The van der Waals surface area contributed by atoms with Gasteiger partial charge in [0.25, 0.3) is 15.9 Å². The minimum atomic E-state index is -3.96. The molecule has 1 aliphatic heterocycles. The Morgan fingerprint density at radius 1 is 0.893 bits per heavy atom. The molecule has 0 spiro atoms. The molecule has 0 N–H and O–H groups in total. The van der Waals surface area contributed by atoms with Crippen molar-refractivity contribution in [2.75, 3.05) is 0 Å². The maximum absolute atomic E-state index is 13.4. The van der Waals surface area contributed by atoms with Gasteiger partial charge in [0.2, 0.25) is 0 Å². The normalized spacial score (nSPS) is 16.7. The molecule has 0 aromatic heterocycles. The molecule has 142 valence electrons. The average Bonchev–Trinajstić information content (AvgIpc) is 2.69. The van der Waals surface area contributed by atoms with Gasteiger partial charge >= 0.3 is 0 Å². The second-order valence-corrected chi connectivity index (χ2v) is 8.94. The van der Waals surface area contributed by atoms with Crippen LogP contribution in [0.2, 0.25) is 0 Å². The molecule has 1 heterocycles. The van der Waals surface area contributed by atoms with Gasteiger partial charge in [-0.1, -0.05) is 66.2 Å². The summed E-state index contributed by atoms with van der Waals surface area (Å²) in [6.07, 6.45) is 0.980. The summed E-state index contributed by atoms with van der Waals surface area (Å²) < 4.78 is 27.9. The van der Waals surface area contributed by atoms with E-state index in [1.54, 1.807) is 36.4 Å². The number of hydrogen-bond acceptors (Lipinski definition) is 3. The van der Waals surface area contributed by atoms with Crippen LogP contribution in [0.15, 0.2) is 83.8 Å². The van der Waals surface area contributed by atoms with E-state index in [4.69, 9.17) is 0 Å². The van der Waals surface area contributed by atoms with Crippen LogP contribution in [0.25, 0.3) is 0 Å². The van der Waals surface area contributed by atoms with Gasteiger partial charge in [0, 0.05) is 5.56 Å². The number of aryl methyl sites for hydroxylation is 1. The molecule has 0 bridgehead atoms. The van der Waals surface area contributed by atoms with Gasteiger partial charge in [-0.2, -0.15) is 0 Å². The molecule has 28 heavy (non-hydrogen) atoms. The lowest BCUT2D eigenvalue weighted by Gasteiger charge is -2.36. The lowest BCUT2D eigenvalue weighted by molar-refractivity contribution is 0.0801. The van der Waals surface area contributed by atoms with Crippen LogP contribution >= 0.6 is 0 Å². The Hall–Kier alpha value is -2.92. The molecule has 0 fully saturated rings. The molecular weight excluding hydrogens is 370 g/mol. The van der Waals surface area contributed by atoms with Crippen molar-refractivity contribution in [3.8, 4) is 0 Å². The van der Waals surface area contributed by atoms with Crippen molar-refractivity contribution < 1.29 is 13.2 Å². The van der Waals surface area contributed by atoms with E-state index < -0.39 is 22.0 Å². The SMILES string of the molecule is Cc1ccc(S(=O)(=O)N2C(=O)c3ccccc3C[C@H]2Cc2ccccc2)cc1. The molecule has 0 saturated carbocycles. The molecule has 5 heteroatoms. The molecule has 0 aliphatic carbocycles. The summed E-state index contributed by atoms with van der Waals surface area (Å²) in [7, 11) is -3.96. The van der Waals surface area contributed by atoms with Crippen LogP contribution in [0.3, 0.4) is 0 Å². The van der Waals surface area contributed by atoms with E-state index in [1.807, 2.05) is 49.4 Å². The zero-order valence-corrected chi connectivity index (χ0v) is 16.4. The van der Waals surface area contributed by atoms with Crippen LogP contribution in [0.4, 0.5) is 0 Å². The third kappa shape index (κ3) is 3.34. The maximum atomic E-state index is 13.4. The first-order chi connectivity index (χ1) is 13.5. The molecule has 4 rings (SSSR count). The van der Waals surface area contributed by atoms with Crippen molar-refractivity contribution >= 4 is 15.9 Å². The van der Waals surface area contributed by atoms with Crippen LogP contribution in [0, 0.1) is 6.92 Å². The smallest absolute Gasteiger partial charge is 0.268 e. The maximum Gasteiger partial charge on any atom is 0.268 e. The fraction of sp³-hybridized carbons (Fsp3) is 0.174. The van der Waals surface area contributed by atoms with Gasteiger partial charge in [0.1, 0.15) is 0 Å². The van der Waals surface area contributed by atoms with Crippen molar-refractivity contribution in [3.05, 3.63) is 101 Å². The first-order valence-corrected chi connectivity index (χ1v) is 10.7. The molecule has 0 unspecified atom stereocenters. The first kappa shape index (κ1) is 18.4. The van der Waals surface area contributed by atoms with Crippen LogP contribution in [-0.2, 0) is 22.9 Å². The Morgan fingerprint density at radius 3 is 2.25 bits per heavy atom. The van der Waals surface area contributed by atoms with E-state index in [1.165, 1.54) is 0 Å². The second kappa shape index (κ2) is 7.24. The Bertz CT molecular complexity index is 1110. The predicted octanol–water partition coefficient (Wildman–Crippen LogP) is 3.99. The zero-order valence-electron chi connectivity index (χ0n) is 15.6. The van der Waals surface area contributed by atoms with E-state index in [2.05, 4.69) is 0 Å². The lowest BCUT2D eigenvalue weighted by atomic mass is 9.92. The van der Waals surface area contributed by atoms with E-state index in [-0.39, 0.29) is 4.90 Å². The summed E-state index contributed by atoms with van der Waals surface area (Å²) in [5.74, 6) is -0.455. The van der Waals surface area contributed by atoms with Gasteiger partial charge in [-0.25, -0.2) is 12.7 Å². The number of hydrogen-bond donors (Lipinski definition) is 0. The molecule has 3 aromatic rings. The number of carbonyl (C=O) groups is 1. The second-order valence-electron chi connectivity index (χ2n) is 7.12. The quantitative estimate of drug-likeness (QED) is 0.676. The summed E-state index contributed by atoms with van der Waals surface area (Å²) >= 11 is 0. The van der Waals surface area contributed by atoms with Gasteiger partial charge in [-0.05, 0) is 49.1 Å². The minimum absolute atomic E-state index is 0.142. The number of carbonyl (C=O) groups excluding carboxylic acids is 1. The molecular formula is C23H21NO3S. The number of benzene rings is 3. The Balaban J connectivity index is 1.80. The zero-order chi connectivity index (χ0) is 19.7. The molecule has 1 atom stereocenters. The number of sulfonamides is 1. The molecule has 3 aromatic carbocycles. The number of nitrogens with zero attached hydrogens (tertiary/aromatic N) is 1. The van der Waals surface area contributed by atoms with E-state index in [0.29, 0.717) is 18.4 Å². The summed E-state index contributed by atoms with van der Waals surface area (Å²) in [5.41, 5.74) is 3.32. The monoisotopic (exact) mass is 391 g/mol. The van der Waals surface area contributed by atoms with Gasteiger partial charge < -0.3 is 0 Å².